The standard InChI is InChI=1S/C19H16O3S/c1-2-11-20-17(10-12-23-16-6-4-3-5-7-16)15-8-9-18-19(13-15)22-14-21-18/h2-9,13,17H,1,11,14H2. The molecule has 0 N–H and O–H groups in total. The van der Waals surface area contributed by atoms with Crippen LogP contribution in [0.1, 0.15) is 11.7 Å². The van der Waals surface area contributed by atoms with Crippen LogP contribution in [0.5, 0.6) is 11.5 Å². The van der Waals surface area contributed by atoms with E-state index in [1.807, 2.05) is 48.5 Å². The summed E-state index contributed by atoms with van der Waals surface area (Å²) < 4.78 is 16.5. The second-order valence-electron chi connectivity index (χ2n) is 4.78. The van der Waals surface area contributed by atoms with Gasteiger partial charge in [-0.2, -0.15) is 0 Å². The number of benzene rings is 2. The largest absolute Gasteiger partial charge is 0.454 e. The number of rotatable bonds is 5. The molecule has 1 unspecified atom stereocenters. The molecule has 3 rings (SSSR count). The van der Waals surface area contributed by atoms with Gasteiger partial charge in [0, 0.05) is 4.90 Å². The van der Waals surface area contributed by atoms with Crippen molar-refractivity contribution in [2.75, 3.05) is 13.4 Å². The van der Waals surface area contributed by atoms with E-state index in [0.29, 0.717) is 6.61 Å². The van der Waals surface area contributed by atoms with Crippen LogP contribution in [-0.2, 0) is 4.74 Å². The highest BCUT2D eigenvalue weighted by molar-refractivity contribution is 8.03. The van der Waals surface area contributed by atoms with Crippen molar-refractivity contribution in [1.29, 1.82) is 0 Å². The Morgan fingerprint density at radius 2 is 2.00 bits per heavy atom. The van der Waals surface area contributed by atoms with E-state index >= 15 is 0 Å². The van der Waals surface area contributed by atoms with Gasteiger partial charge in [0.15, 0.2) is 11.5 Å². The Morgan fingerprint density at radius 3 is 2.83 bits per heavy atom. The quantitative estimate of drug-likeness (QED) is 0.462. The molecule has 0 radical (unpaired) electrons. The van der Waals surface area contributed by atoms with Crippen LogP contribution >= 0.6 is 11.8 Å². The van der Waals surface area contributed by atoms with Crippen molar-refractivity contribution < 1.29 is 14.2 Å². The van der Waals surface area contributed by atoms with Gasteiger partial charge in [-0.25, -0.2) is 0 Å². The van der Waals surface area contributed by atoms with Crippen LogP contribution in [0.3, 0.4) is 0 Å². The number of thioether (sulfide) groups is 1. The van der Waals surface area contributed by atoms with Crippen LogP contribution in [0.15, 0.2) is 66.1 Å². The van der Waals surface area contributed by atoms with E-state index < -0.39 is 0 Å². The van der Waals surface area contributed by atoms with Gasteiger partial charge in [-0.15, -0.1) is 6.58 Å². The number of ether oxygens (including phenoxy) is 3. The predicted molar refractivity (Wildman–Crippen MR) is 91.5 cm³/mol. The van der Waals surface area contributed by atoms with Crippen LogP contribution in [0.4, 0.5) is 0 Å². The maximum Gasteiger partial charge on any atom is 0.231 e. The molecule has 1 heterocycles. The molecule has 116 valence electrons. The van der Waals surface area contributed by atoms with Crippen molar-refractivity contribution in [3.8, 4) is 22.7 Å². The van der Waals surface area contributed by atoms with Crippen molar-refractivity contribution in [3.05, 3.63) is 66.7 Å². The van der Waals surface area contributed by atoms with E-state index in [1.54, 1.807) is 6.08 Å². The van der Waals surface area contributed by atoms with Crippen LogP contribution < -0.4 is 9.47 Å². The predicted octanol–water partition coefficient (Wildman–Crippen LogP) is 4.41. The molecule has 2 aromatic rings. The fourth-order valence-electron chi connectivity index (χ4n) is 2.09. The summed E-state index contributed by atoms with van der Waals surface area (Å²) in [5.41, 5.74) is 0.942. The molecule has 1 aliphatic rings. The molecule has 0 aliphatic carbocycles. The molecule has 0 aromatic heterocycles. The average Bonchev–Trinajstić information content (AvgIpc) is 3.06. The van der Waals surface area contributed by atoms with E-state index in [9.17, 15) is 0 Å². The lowest BCUT2D eigenvalue weighted by atomic mass is 10.1. The molecule has 0 fully saturated rings. The Labute approximate surface area is 140 Å². The van der Waals surface area contributed by atoms with Gasteiger partial charge in [0.05, 0.1) is 6.61 Å². The first-order valence-electron chi connectivity index (χ1n) is 7.21. The van der Waals surface area contributed by atoms with Crippen LogP contribution in [0.25, 0.3) is 0 Å². The maximum absolute atomic E-state index is 5.77. The minimum Gasteiger partial charge on any atom is -0.454 e. The van der Waals surface area contributed by atoms with E-state index in [-0.39, 0.29) is 12.9 Å². The minimum atomic E-state index is -0.335. The lowest BCUT2D eigenvalue weighted by molar-refractivity contribution is 0.117. The van der Waals surface area contributed by atoms with Crippen LogP contribution in [0, 0.1) is 11.2 Å². The number of hydrogen-bond donors (Lipinski definition) is 0. The van der Waals surface area contributed by atoms with Crippen molar-refractivity contribution in [1.82, 2.24) is 0 Å². The topological polar surface area (TPSA) is 27.7 Å². The minimum absolute atomic E-state index is 0.256. The normalized spacial score (nSPS) is 13.0. The summed E-state index contributed by atoms with van der Waals surface area (Å²) >= 11 is 1.48. The molecule has 0 saturated heterocycles. The molecular weight excluding hydrogens is 308 g/mol. The maximum atomic E-state index is 5.77. The number of hydrogen-bond acceptors (Lipinski definition) is 4. The Bertz CT molecular complexity index is 731. The van der Waals surface area contributed by atoms with Crippen LogP contribution in [-0.4, -0.2) is 13.4 Å². The fourth-order valence-corrected chi connectivity index (χ4v) is 2.67. The van der Waals surface area contributed by atoms with E-state index in [4.69, 9.17) is 14.2 Å². The summed E-state index contributed by atoms with van der Waals surface area (Å²) in [4.78, 5) is 1.10. The van der Waals surface area contributed by atoms with Crippen molar-refractivity contribution in [2.24, 2.45) is 0 Å². The zero-order valence-corrected chi connectivity index (χ0v) is 13.3. The Morgan fingerprint density at radius 1 is 1.17 bits per heavy atom. The van der Waals surface area contributed by atoms with Gasteiger partial charge < -0.3 is 14.2 Å². The molecule has 0 amide bonds. The lowest BCUT2D eigenvalue weighted by Crippen LogP contribution is -2.02. The van der Waals surface area contributed by atoms with Crippen molar-refractivity contribution in [2.45, 2.75) is 11.0 Å². The van der Waals surface area contributed by atoms with Crippen molar-refractivity contribution >= 4 is 11.8 Å². The van der Waals surface area contributed by atoms with Gasteiger partial charge in [0.25, 0.3) is 0 Å². The highest BCUT2D eigenvalue weighted by Gasteiger charge is 2.17. The molecule has 1 atom stereocenters. The first-order valence-corrected chi connectivity index (χ1v) is 8.03. The first kappa shape index (κ1) is 15.5. The smallest absolute Gasteiger partial charge is 0.231 e. The summed E-state index contributed by atoms with van der Waals surface area (Å²) in [5.74, 6) is 4.64. The molecule has 0 saturated carbocycles. The molecule has 2 aromatic carbocycles. The summed E-state index contributed by atoms with van der Waals surface area (Å²) in [5, 5.41) is 3.11. The summed E-state index contributed by atoms with van der Waals surface area (Å²) in [6.07, 6.45) is 1.38. The third-order valence-electron chi connectivity index (χ3n) is 3.18. The van der Waals surface area contributed by atoms with Gasteiger partial charge in [0.1, 0.15) is 6.10 Å². The highest BCUT2D eigenvalue weighted by Crippen LogP contribution is 2.35. The fraction of sp³-hybridized carbons (Fsp3) is 0.158. The van der Waals surface area contributed by atoms with Crippen molar-refractivity contribution in [3.63, 3.8) is 0 Å². The summed E-state index contributed by atoms with van der Waals surface area (Å²) in [7, 11) is 0. The first-order chi connectivity index (χ1) is 11.4. The van der Waals surface area contributed by atoms with Gasteiger partial charge in [-0.1, -0.05) is 36.3 Å². The molecule has 3 nitrogen and oxygen atoms in total. The lowest BCUT2D eigenvalue weighted by Gasteiger charge is -2.11. The Hall–Kier alpha value is -2.35. The van der Waals surface area contributed by atoms with Gasteiger partial charge in [-0.3, -0.25) is 0 Å². The van der Waals surface area contributed by atoms with E-state index in [0.717, 1.165) is 22.0 Å². The van der Waals surface area contributed by atoms with Gasteiger partial charge >= 0.3 is 0 Å². The Kier molecular flexibility index (Phi) is 5.25. The van der Waals surface area contributed by atoms with Crippen LogP contribution in [0.2, 0.25) is 0 Å². The molecular formula is C19H16O3S. The molecule has 0 spiro atoms. The zero-order chi connectivity index (χ0) is 15.9. The summed E-state index contributed by atoms with van der Waals surface area (Å²) in [6.45, 7) is 4.38. The van der Waals surface area contributed by atoms with E-state index in [2.05, 4.69) is 17.8 Å². The number of fused-ring (bicyclic) bond motifs is 1. The molecule has 0 bridgehead atoms. The summed E-state index contributed by atoms with van der Waals surface area (Å²) in [6, 6.07) is 15.8. The monoisotopic (exact) mass is 324 g/mol. The second kappa shape index (κ2) is 7.77. The third kappa shape index (κ3) is 4.10. The molecule has 4 heteroatoms. The van der Waals surface area contributed by atoms with Gasteiger partial charge in [-0.05, 0) is 46.8 Å². The molecule has 23 heavy (non-hydrogen) atoms. The Balaban J connectivity index is 1.76. The van der Waals surface area contributed by atoms with E-state index in [1.165, 1.54) is 11.8 Å². The average molecular weight is 324 g/mol. The second-order valence-corrected chi connectivity index (χ2v) is 5.66. The highest BCUT2D eigenvalue weighted by atomic mass is 32.2. The SMILES string of the molecule is C=CCOC(C#CSc1ccccc1)c1ccc2c(c1)OCO2. The molecule has 1 aliphatic heterocycles. The zero-order valence-electron chi connectivity index (χ0n) is 12.5. The van der Waals surface area contributed by atoms with Gasteiger partial charge in [0.2, 0.25) is 6.79 Å². The third-order valence-corrected chi connectivity index (χ3v) is 3.91.